The molecule has 1 aromatic rings. The number of halogens is 1. The minimum Gasteiger partial charge on any atom is -0.494 e. The first kappa shape index (κ1) is 16.3. The fourth-order valence-electron chi connectivity index (χ4n) is 1.68. The molecule has 0 aliphatic heterocycles. The highest BCUT2D eigenvalue weighted by Gasteiger charge is 2.07. The Hall–Kier alpha value is -0.730. The molecule has 98 valence electrons. The Morgan fingerprint density at radius 1 is 1.24 bits per heavy atom. The summed E-state index contributed by atoms with van der Waals surface area (Å²) in [7, 11) is 0. The third kappa shape index (κ3) is 5.94. The smallest absolute Gasteiger partial charge is 0.119 e. The second-order valence-corrected chi connectivity index (χ2v) is 4.58. The van der Waals surface area contributed by atoms with Crippen molar-refractivity contribution in [1.29, 1.82) is 0 Å². The van der Waals surface area contributed by atoms with Gasteiger partial charge in [-0.1, -0.05) is 26.0 Å². The van der Waals surface area contributed by atoms with Crippen molar-refractivity contribution in [3.05, 3.63) is 29.8 Å². The van der Waals surface area contributed by atoms with Crippen molar-refractivity contribution in [2.45, 2.75) is 39.7 Å². The van der Waals surface area contributed by atoms with Crippen LogP contribution in [0.4, 0.5) is 0 Å². The number of hydrogen-bond donors (Lipinski definition) is 1. The minimum atomic E-state index is 0. The molecule has 2 N–H and O–H groups in total. The molecule has 1 aromatic carbocycles. The van der Waals surface area contributed by atoms with Gasteiger partial charge in [0, 0.05) is 6.04 Å². The first-order valence-electron chi connectivity index (χ1n) is 6.11. The average molecular weight is 258 g/mol. The monoisotopic (exact) mass is 257 g/mol. The van der Waals surface area contributed by atoms with Crippen LogP contribution >= 0.6 is 12.4 Å². The highest BCUT2D eigenvalue weighted by molar-refractivity contribution is 5.85. The maximum atomic E-state index is 6.15. The van der Waals surface area contributed by atoms with Gasteiger partial charge < -0.3 is 10.5 Å². The summed E-state index contributed by atoms with van der Waals surface area (Å²) >= 11 is 0. The summed E-state index contributed by atoms with van der Waals surface area (Å²) in [5.41, 5.74) is 7.33. The van der Waals surface area contributed by atoms with E-state index in [4.69, 9.17) is 10.5 Å². The molecule has 0 saturated carbocycles. The van der Waals surface area contributed by atoms with Gasteiger partial charge in [0.1, 0.15) is 5.75 Å². The summed E-state index contributed by atoms with van der Waals surface area (Å²) in [6.45, 7) is 7.14. The molecular formula is C14H24ClNO. The van der Waals surface area contributed by atoms with Crippen LogP contribution < -0.4 is 10.5 Å². The quantitative estimate of drug-likeness (QED) is 0.838. The molecule has 0 aliphatic rings. The molecular weight excluding hydrogens is 234 g/mol. The van der Waals surface area contributed by atoms with Crippen molar-refractivity contribution in [1.82, 2.24) is 0 Å². The van der Waals surface area contributed by atoms with Crippen LogP contribution in [0.1, 0.15) is 45.2 Å². The van der Waals surface area contributed by atoms with E-state index in [9.17, 15) is 0 Å². The second kappa shape index (κ2) is 8.37. The third-order valence-electron chi connectivity index (χ3n) is 2.65. The van der Waals surface area contributed by atoms with Gasteiger partial charge in [-0.3, -0.25) is 0 Å². The molecule has 0 bridgehead atoms. The van der Waals surface area contributed by atoms with Crippen LogP contribution in [-0.4, -0.2) is 6.61 Å². The fraction of sp³-hybridized carbons (Fsp3) is 0.571. The molecule has 17 heavy (non-hydrogen) atoms. The van der Waals surface area contributed by atoms with Crippen LogP contribution in [0.25, 0.3) is 0 Å². The third-order valence-corrected chi connectivity index (χ3v) is 2.65. The van der Waals surface area contributed by atoms with Crippen molar-refractivity contribution >= 4 is 12.4 Å². The first-order valence-corrected chi connectivity index (χ1v) is 6.11. The average Bonchev–Trinajstić information content (AvgIpc) is 2.26. The zero-order valence-corrected chi connectivity index (χ0v) is 11.8. The molecule has 3 heteroatoms. The van der Waals surface area contributed by atoms with E-state index < -0.39 is 0 Å². The van der Waals surface area contributed by atoms with E-state index in [2.05, 4.69) is 26.0 Å². The van der Waals surface area contributed by atoms with E-state index in [1.54, 1.807) is 0 Å². The Morgan fingerprint density at radius 2 is 1.94 bits per heavy atom. The van der Waals surface area contributed by atoms with Crippen molar-refractivity contribution < 1.29 is 4.74 Å². The largest absolute Gasteiger partial charge is 0.494 e. The molecule has 0 spiro atoms. The number of benzene rings is 1. The Labute approximate surface area is 111 Å². The van der Waals surface area contributed by atoms with E-state index in [1.165, 1.54) is 12.0 Å². The maximum absolute atomic E-state index is 6.15. The second-order valence-electron chi connectivity index (χ2n) is 4.58. The molecule has 0 fully saturated rings. The van der Waals surface area contributed by atoms with Crippen molar-refractivity contribution in [2.75, 3.05) is 6.61 Å². The maximum Gasteiger partial charge on any atom is 0.119 e. The molecule has 0 saturated heterocycles. The molecule has 0 aromatic heterocycles. The lowest BCUT2D eigenvalue weighted by Gasteiger charge is -2.14. The zero-order chi connectivity index (χ0) is 12.0. The van der Waals surface area contributed by atoms with Gasteiger partial charge in [-0.25, -0.2) is 0 Å². The van der Waals surface area contributed by atoms with E-state index in [0.29, 0.717) is 12.5 Å². The Kier molecular flexibility index (Phi) is 8.01. The molecule has 2 nitrogen and oxygen atoms in total. The lowest BCUT2D eigenvalue weighted by atomic mass is 9.98. The lowest BCUT2D eigenvalue weighted by molar-refractivity contribution is 0.339. The van der Waals surface area contributed by atoms with Crippen molar-refractivity contribution in [3.8, 4) is 5.75 Å². The number of nitrogens with two attached hydrogens (primary N) is 1. The minimum absolute atomic E-state index is 0. The number of hydrogen-bond acceptors (Lipinski definition) is 2. The number of rotatable bonds is 6. The molecule has 0 unspecified atom stereocenters. The van der Waals surface area contributed by atoms with Gasteiger partial charge in [-0.15, -0.1) is 12.4 Å². The van der Waals surface area contributed by atoms with E-state index in [0.717, 1.165) is 12.2 Å². The fourth-order valence-corrected chi connectivity index (χ4v) is 1.68. The molecule has 0 radical (unpaired) electrons. The summed E-state index contributed by atoms with van der Waals surface area (Å²) in [6, 6.07) is 8.24. The standard InChI is InChI=1S/C14H23NO.ClH/c1-4-16-13-7-5-6-12(10-13)14(15)9-8-11(2)3;/h5-7,10-11,14H,4,8-9,15H2,1-3H3;1H/t14-;/m1./s1. The summed E-state index contributed by atoms with van der Waals surface area (Å²) < 4.78 is 5.47. The lowest BCUT2D eigenvalue weighted by Crippen LogP contribution is -2.11. The molecule has 0 heterocycles. The molecule has 0 amide bonds. The van der Waals surface area contributed by atoms with E-state index >= 15 is 0 Å². The van der Waals surface area contributed by atoms with Crippen LogP contribution in [0, 0.1) is 5.92 Å². The predicted molar refractivity (Wildman–Crippen MR) is 75.9 cm³/mol. The van der Waals surface area contributed by atoms with Gasteiger partial charge in [-0.05, 0) is 43.4 Å². The van der Waals surface area contributed by atoms with Crippen LogP contribution in [0.2, 0.25) is 0 Å². The highest BCUT2D eigenvalue weighted by atomic mass is 35.5. The van der Waals surface area contributed by atoms with Crippen LogP contribution in [-0.2, 0) is 0 Å². The van der Waals surface area contributed by atoms with Gasteiger partial charge in [0.25, 0.3) is 0 Å². The molecule has 1 rings (SSSR count). The van der Waals surface area contributed by atoms with Crippen molar-refractivity contribution in [2.24, 2.45) is 11.7 Å². The summed E-state index contributed by atoms with van der Waals surface area (Å²) in [5, 5.41) is 0. The van der Waals surface area contributed by atoms with Gasteiger partial charge in [-0.2, -0.15) is 0 Å². The summed E-state index contributed by atoms with van der Waals surface area (Å²) in [5.74, 6) is 1.63. The normalized spacial score (nSPS) is 12.1. The Morgan fingerprint density at radius 3 is 2.53 bits per heavy atom. The Balaban J connectivity index is 0.00000256. The van der Waals surface area contributed by atoms with Crippen LogP contribution in [0.5, 0.6) is 5.75 Å². The topological polar surface area (TPSA) is 35.2 Å². The van der Waals surface area contributed by atoms with Crippen LogP contribution in [0.3, 0.4) is 0 Å². The Bertz CT molecular complexity index is 315. The van der Waals surface area contributed by atoms with Gasteiger partial charge in [0.2, 0.25) is 0 Å². The zero-order valence-electron chi connectivity index (χ0n) is 11.0. The van der Waals surface area contributed by atoms with Gasteiger partial charge >= 0.3 is 0 Å². The van der Waals surface area contributed by atoms with E-state index in [1.807, 2.05) is 19.1 Å². The SMILES string of the molecule is CCOc1cccc([C@H](N)CCC(C)C)c1.Cl. The summed E-state index contributed by atoms with van der Waals surface area (Å²) in [4.78, 5) is 0. The molecule has 0 aliphatic carbocycles. The highest BCUT2D eigenvalue weighted by Crippen LogP contribution is 2.22. The van der Waals surface area contributed by atoms with E-state index in [-0.39, 0.29) is 18.4 Å². The van der Waals surface area contributed by atoms with Crippen LogP contribution in [0.15, 0.2) is 24.3 Å². The van der Waals surface area contributed by atoms with Gasteiger partial charge in [0.15, 0.2) is 0 Å². The van der Waals surface area contributed by atoms with Crippen molar-refractivity contribution in [3.63, 3.8) is 0 Å². The summed E-state index contributed by atoms with van der Waals surface area (Å²) in [6.07, 6.45) is 2.20. The van der Waals surface area contributed by atoms with Gasteiger partial charge in [0.05, 0.1) is 6.61 Å². The number of ether oxygens (including phenoxy) is 1. The first-order chi connectivity index (χ1) is 7.63. The molecule has 1 atom stereocenters. The predicted octanol–water partition coefficient (Wildman–Crippen LogP) is 3.94.